The summed E-state index contributed by atoms with van der Waals surface area (Å²) in [5.41, 5.74) is 7.41. The van der Waals surface area contributed by atoms with Gasteiger partial charge in [0.1, 0.15) is 0 Å². The minimum Gasteiger partial charge on any atom is -0.462 e. The maximum Gasteiger partial charge on any atom is 0.341 e. The molecule has 6 rings (SSSR count). The van der Waals surface area contributed by atoms with E-state index in [0.29, 0.717) is 45.0 Å². The van der Waals surface area contributed by atoms with E-state index in [-0.39, 0.29) is 13.2 Å². The second-order valence-corrected chi connectivity index (χ2v) is 9.59. The Labute approximate surface area is 242 Å². The van der Waals surface area contributed by atoms with Gasteiger partial charge in [0.2, 0.25) is 0 Å². The van der Waals surface area contributed by atoms with Gasteiger partial charge in [-0.2, -0.15) is 0 Å². The van der Waals surface area contributed by atoms with Crippen LogP contribution in [0.2, 0.25) is 0 Å². The number of nitrogens with one attached hydrogen (secondary N) is 4. The Bertz CT molecular complexity index is 1680. The summed E-state index contributed by atoms with van der Waals surface area (Å²) >= 11 is 0. The molecule has 8 heteroatoms. The van der Waals surface area contributed by atoms with Crippen molar-refractivity contribution < 1.29 is 19.1 Å². The first-order chi connectivity index (χ1) is 20.6. The highest BCUT2D eigenvalue weighted by atomic mass is 16.5. The second-order valence-electron chi connectivity index (χ2n) is 9.59. The first-order valence-corrected chi connectivity index (χ1v) is 13.9. The number of benzene rings is 2. The summed E-state index contributed by atoms with van der Waals surface area (Å²) in [6, 6.07) is 27.0. The highest BCUT2D eigenvalue weighted by Gasteiger charge is 2.34. The lowest BCUT2D eigenvalue weighted by atomic mass is 9.95. The van der Waals surface area contributed by atoms with E-state index in [1.807, 2.05) is 97.3 Å². The molecule has 210 valence electrons. The normalized spacial score (nSPS) is 11.0. The largest absolute Gasteiger partial charge is 0.462 e. The molecular formula is C34H30N4O4. The van der Waals surface area contributed by atoms with Crippen LogP contribution < -0.4 is 0 Å². The molecule has 0 bridgehead atoms. The predicted octanol–water partition coefficient (Wildman–Crippen LogP) is 7.69. The lowest BCUT2D eigenvalue weighted by Gasteiger charge is -2.10. The number of esters is 2. The van der Waals surface area contributed by atoms with Crippen LogP contribution in [0.25, 0.3) is 56.4 Å². The van der Waals surface area contributed by atoms with Crippen LogP contribution in [0.5, 0.6) is 0 Å². The summed E-state index contributed by atoms with van der Waals surface area (Å²) in [4.78, 5) is 41.2. The Morgan fingerprint density at radius 1 is 0.548 bits per heavy atom. The van der Waals surface area contributed by atoms with Gasteiger partial charge in [-0.15, -0.1) is 0 Å². The number of rotatable bonds is 9. The van der Waals surface area contributed by atoms with Gasteiger partial charge in [-0.25, -0.2) is 9.59 Å². The first-order valence-electron chi connectivity index (χ1n) is 13.9. The third kappa shape index (κ3) is 4.73. The number of hydrogen-bond acceptors (Lipinski definition) is 4. The van der Waals surface area contributed by atoms with E-state index in [4.69, 9.17) is 9.47 Å². The number of ether oxygens (including phenoxy) is 2. The highest BCUT2D eigenvalue weighted by Crippen LogP contribution is 2.45. The van der Waals surface area contributed by atoms with Crippen molar-refractivity contribution in [3.8, 4) is 56.4 Å². The molecule has 4 aromatic heterocycles. The van der Waals surface area contributed by atoms with Crippen LogP contribution in [-0.4, -0.2) is 45.1 Å². The summed E-state index contributed by atoms with van der Waals surface area (Å²) in [5.74, 6) is -1.01. The molecule has 4 heterocycles. The van der Waals surface area contributed by atoms with Gasteiger partial charge in [-0.3, -0.25) is 0 Å². The van der Waals surface area contributed by atoms with Crippen LogP contribution in [-0.2, 0) is 9.47 Å². The van der Waals surface area contributed by atoms with E-state index in [1.165, 1.54) is 0 Å². The average Bonchev–Trinajstić information content (AvgIpc) is 3.83. The zero-order valence-electron chi connectivity index (χ0n) is 23.3. The fourth-order valence-electron chi connectivity index (χ4n) is 5.35. The Hall–Kier alpha value is -5.50. The van der Waals surface area contributed by atoms with Crippen LogP contribution >= 0.6 is 0 Å². The lowest BCUT2D eigenvalue weighted by Crippen LogP contribution is -2.10. The van der Waals surface area contributed by atoms with Crippen molar-refractivity contribution in [1.82, 2.24) is 19.9 Å². The summed E-state index contributed by atoms with van der Waals surface area (Å²) in [6.07, 6.45) is 3.65. The molecular weight excluding hydrogens is 528 g/mol. The average molecular weight is 559 g/mol. The van der Waals surface area contributed by atoms with Gasteiger partial charge < -0.3 is 29.4 Å². The highest BCUT2D eigenvalue weighted by molar-refractivity contribution is 6.13. The zero-order chi connectivity index (χ0) is 29.1. The number of aromatic nitrogens is 4. The number of carbonyl (C=O) groups excluding carboxylic acids is 2. The van der Waals surface area contributed by atoms with E-state index in [0.717, 1.165) is 22.5 Å². The third-order valence-electron chi connectivity index (χ3n) is 7.07. The minimum absolute atomic E-state index is 0.188. The van der Waals surface area contributed by atoms with Gasteiger partial charge in [0, 0.05) is 23.5 Å². The maximum atomic E-state index is 13.8. The minimum atomic E-state index is -0.507. The van der Waals surface area contributed by atoms with Crippen molar-refractivity contribution in [2.75, 3.05) is 13.2 Å². The van der Waals surface area contributed by atoms with Crippen molar-refractivity contribution in [3.63, 3.8) is 0 Å². The molecule has 2 aromatic carbocycles. The molecule has 0 aliphatic heterocycles. The van der Waals surface area contributed by atoms with E-state index in [1.54, 1.807) is 13.8 Å². The number of H-pyrrole nitrogens is 4. The number of hydrogen-bond donors (Lipinski definition) is 4. The zero-order valence-corrected chi connectivity index (χ0v) is 23.3. The SMILES string of the molecule is CCOC(=O)c1c(-c2[nH]c(-c3ccc[nH]3)c(-c3ccccc3)c2C(=O)OCC)[nH]c(-c2ccc[nH]2)c1-c1ccccc1. The lowest BCUT2D eigenvalue weighted by molar-refractivity contribution is 0.0516. The molecule has 0 amide bonds. The fourth-order valence-corrected chi connectivity index (χ4v) is 5.35. The Morgan fingerprint density at radius 2 is 0.952 bits per heavy atom. The van der Waals surface area contributed by atoms with Crippen LogP contribution in [0.15, 0.2) is 97.3 Å². The summed E-state index contributed by atoms with van der Waals surface area (Å²) in [6.45, 7) is 3.92. The topological polar surface area (TPSA) is 116 Å². The molecule has 0 aliphatic rings. The second kappa shape index (κ2) is 11.5. The molecule has 42 heavy (non-hydrogen) atoms. The van der Waals surface area contributed by atoms with Crippen molar-refractivity contribution >= 4 is 11.9 Å². The molecule has 0 unspecified atom stereocenters. The monoisotopic (exact) mass is 558 g/mol. The van der Waals surface area contributed by atoms with E-state index < -0.39 is 11.9 Å². The fraction of sp³-hybridized carbons (Fsp3) is 0.118. The van der Waals surface area contributed by atoms with Gasteiger partial charge in [0.15, 0.2) is 0 Å². The standard InChI is InChI=1S/C34H30N4O4/c1-3-41-33(39)27-25(21-13-7-5-8-14-21)29(23-17-11-19-35-23)37-31(27)32-28(34(40)42-4-2)26(22-15-9-6-10-16-22)30(38-32)24-18-12-20-36-24/h5-20,35-38H,3-4H2,1-2H3. The molecule has 6 aromatic rings. The molecule has 0 atom stereocenters. The molecule has 4 N–H and O–H groups in total. The maximum absolute atomic E-state index is 13.8. The molecule has 0 aliphatic carbocycles. The molecule has 8 nitrogen and oxygen atoms in total. The van der Waals surface area contributed by atoms with Crippen LogP contribution in [0.3, 0.4) is 0 Å². The Morgan fingerprint density at radius 3 is 1.29 bits per heavy atom. The number of carbonyl (C=O) groups is 2. The van der Waals surface area contributed by atoms with Crippen LogP contribution in [0.4, 0.5) is 0 Å². The van der Waals surface area contributed by atoms with Gasteiger partial charge in [0.25, 0.3) is 0 Å². The van der Waals surface area contributed by atoms with Crippen LogP contribution in [0, 0.1) is 0 Å². The predicted molar refractivity (Wildman–Crippen MR) is 163 cm³/mol. The van der Waals surface area contributed by atoms with Crippen molar-refractivity contribution in [2.45, 2.75) is 13.8 Å². The van der Waals surface area contributed by atoms with Gasteiger partial charge >= 0.3 is 11.9 Å². The Kier molecular flexibility index (Phi) is 7.34. The summed E-state index contributed by atoms with van der Waals surface area (Å²) < 4.78 is 11.2. The summed E-state index contributed by atoms with van der Waals surface area (Å²) in [7, 11) is 0. The molecule has 0 fully saturated rings. The molecule has 0 saturated carbocycles. The van der Waals surface area contributed by atoms with Crippen LogP contribution in [0.1, 0.15) is 34.6 Å². The number of aromatic amines is 4. The Balaban J connectivity index is 1.74. The van der Waals surface area contributed by atoms with Crippen molar-refractivity contribution in [1.29, 1.82) is 0 Å². The van der Waals surface area contributed by atoms with E-state index in [2.05, 4.69) is 19.9 Å². The van der Waals surface area contributed by atoms with E-state index in [9.17, 15) is 9.59 Å². The molecule has 0 radical (unpaired) electrons. The quantitative estimate of drug-likeness (QED) is 0.136. The van der Waals surface area contributed by atoms with Gasteiger partial charge in [0.05, 0.1) is 58.5 Å². The summed E-state index contributed by atoms with van der Waals surface area (Å²) in [5, 5.41) is 0. The van der Waals surface area contributed by atoms with E-state index >= 15 is 0 Å². The van der Waals surface area contributed by atoms with Crippen molar-refractivity contribution in [2.24, 2.45) is 0 Å². The first kappa shape index (κ1) is 26.7. The van der Waals surface area contributed by atoms with Gasteiger partial charge in [-0.05, 0) is 49.2 Å². The van der Waals surface area contributed by atoms with Crippen molar-refractivity contribution in [3.05, 3.63) is 108 Å². The third-order valence-corrected chi connectivity index (χ3v) is 7.07. The van der Waals surface area contributed by atoms with Gasteiger partial charge in [-0.1, -0.05) is 60.7 Å². The smallest absolute Gasteiger partial charge is 0.341 e. The molecule has 0 spiro atoms. The molecule has 0 saturated heterocycles.